The molecule has 0 aliphatic heterocycles. The summed E-state index contributed by atoms with van der Waals surface area (Å²) in [5.74, 6) is 0. The molecule has 0 saturated heterocycles. The van der Waals surface area contributed by atoms with Crippen LogP contribution in [0.25, 0.3) is 0 Å². The molecule has 2 aromatic rings. The number of nitrogen functional groups attached to an aromatic ring is 1. The van der Waals surface area contributed by atoms with Crippen molar-refractivity contribution in [2.24, 2.45) is 0 Å². The molecule has 2 heterocycles. The molecule has 0 saturated carbocycles. The fraction of sp³-hybridized carbons (Fsp3) is 0.0769. The Morgan fingerprint density at radius 2 is 1.89 bits per heavy atom. The maximum atomic E-state index is 7.44. The number of anilines is 3. The van der Waals surface area contributed by atoms with Crippen LogP contribution >= 0.6 is 0 Å². The molecule has 96 valence electrons. The van der Waals surface area contributed by atoms with E-state index in [4.69, 9.17) is 16.6 Å². The van der Waals surface area contributed by atoms with Crippen LogP contribution in [0, 0.1) is 17.7 Å². The Labute approximate surface area is 110 Å². The topological polar surface area (TPSA) is 112 Å². The summed E-state index contributed by atoms with van der Waals surface area (Å²) in [6.45, 7) is 1.83. The Morgan fingerprint density at radius 1 is 1.16 bits per heavy atom. The number of nitrogens with zero attached hydrogens (tertiary/aromatic N) is 2. The van der Waals surface area contributed by atoms with Crippen LogP contribution in [0.2, 0.25) is 0 Å². The number of pyridine rings is 2. The molecule has 6 nitrogen and oxygen atoms in total. The van der Waals surface area contributed by atoms with Crippen molar-refractivity contribution in [2.75, 3.05) is 11.1 Å². The lowest BCUT2D eigenvalue weighted by molar-refractivity contribution is 1.19. The van der Waals surface area contributed by atoms with E-state index in [0.717, 1.165) is 11.4 Å². The number of aryl methyl sites for hydroxylation is 1. The van der Waals surface area contributed by atoms with Crippen LogP contribution in [0.4, 0.5) is 17.1 Å². The molecule has 6 heteroatoms. The average molecular weight is 254 g/mol. The molecule has 0 aliphatic carbocycles. The third-order valence-electron chi connectivity index (χ3n) is 2.77. The van der Waals surface area contributed by atoms with Crippen molar-refractivity contribution in [3.63, 3.8) is 0 Å². The molecule has 0 aromatic carbocycles. The minimum atomic E-state index is 0.433. The zero-order valence-corrected chi connectivity index (χ0v) is 10.4. The van der Waals surface area contributed by atoms with Gasteiger partial charge < -0.3 is 21.9 Å². The minimum Gasteiger partial charge on any atom is -0.397 e. The Hall–Kier alpha value is -2.76. The first-order valence-corrected chi connectivity index (χ1v) is 5.64. The van der Waals surface area contributed by atoms with Gasteiger partial charge in [-0.3, -0.25) is 9.97 Å². The molecule has 5 N–H and O–H groups in total. The van der Waals surface area contributed by atoms with Crippen molar-refractivity contribution >= 4 is 29.5 Å². The number of hydrogen-bond donors (Lipinski definition) is 4. The fourth-order valence-corrected chi connectivity index (χ4v) is 1.76. The highest BCUT2D eigenvalue weighted by Gasteiger charge is 2.08. The van der Waals surface area contributed by atoms with Gasteiger partial charge in [-0.25, -0.2) is 0 Å². The van der Waals surface area contributed by atoms with Crippen LogP contribution < -0.4 is 11.1 Å². The number of nitrogens with one attached hydrogen (secondary N) is 3. The fourth-order valence-electron chi connectivity index (χ4n) is 1.76. The molecule has 0 amide bonds. The van der Waals surface area contributed by atoms with Gasteiger partial charge in [-0.1, -0.05) is 0 Å². The van der Waals surface area contributed by atoms with E-state index in [1.807, 2.05) is 6.92 Å². The zero-order valence-electron chi connectivity index (χ0n) is 10.4. The third-order valence-corrected chi connectivity index (χ3v) is 2.77. The van der Waals surface area contributed by atoms with Crippen molar-refractivity contribution < 1.29 is 0 Å². The first kappa shape index (κ1) is 12.7. The van der Waals surface area contributed by atoms with Crippen LogP contribution in [0.15, 0.2) is 24.7 Å². The number of rotatable bonds is 4. The Balaban J connectivity index is 2.48. The van der Waals surface area contributed by atoms with Crippen molar-refractivity contribution in [1.82, 2.24) is 9.97 Å². The highest BCUT2D eigenvalue weighted by atomic mass is 14.9. The Kier molecular flexibility index (Phi) is 3.51. The standard InChI is InChI=1S/C13H14N6/c1-8-9(4-14)12(2-3-18-8)19-13-7-17-6-11(16)10(13)5-15/h2-7,14-15H,16H2,1H3,(H,18,19). The van der Waals surface area contributed by atoms with Gasteiger partial charge in [-0.15, -0.1) is 0 Å². The van der Waals surface area contributed by atoms with Gasteiger partial charge in [0, 0.05) is 35.4 Å². The van der Waals surface area contributed by atoms with Crippen molar-refractivity contribution in [3.8, 4) is 0 Å². The van der Waals surface area contributed by atoms with Crippen LogP contribution in [-0.2, 0) is 0 Å². The number of nitrogens with two attached hydrogens (primary N) is 1. The molecule has 0 spiro atoms. The van der Waals surface area contributed by atoms with Gasteiger partial charge in [0.05, 0.1) is 29.5 Å². The van der Waals surface area contributed by atoms with E-state index in [9.17, 15) is 0 Å². The predicted octanol–water partition coefficient (Wildman–Crippen LogP) is 2.11. The molecule has 0 radical (unpaired) electrons. The number of aromatic nitrogens is 2. The first-order chi connectivity index (χ1) is 9.17. The monoisotopic (exact) mass is 254 g/mol. The van der Waals surface area contributed by atoms with E-state index in [-0.39, 0.29) is 0 Å². The van der Waals surface area contributed by atoms with Gasteiger partial charge in [0.15, 0.2) is 0 Å². The van der Waals surface area contributed by atoms with Crippen LogP contribution in [-0.4, -0.2) is 22.4 Å². The summed E-state index contributed by atoms with van der Waals surface area (Å²) >= 11 is 0. The van der Waals surface area contributed by atoms with Crippen LogP contribution in [0.5, 0.6) is 0 Å². The molecule has 0 unspecified atom stereocenters. The lowest BCUT2D eigenvalue weighted by Crippen LogP contribution is -2.04. The number of hydrogen-bond acceptors (Lipinski definition) is 6. The summed E-state index contributed by atoms with van der Waals surface area (Å²) in [6.07, 6.45) is 7.18. The molecule has 2 rings (SSSR count). The maximum Gasteiger partial charge on any atom is 0.0680 e. The summed E-state index contributed by atoms with van der Waals surface area (Å²) in [7, 11) is 0. The Morgan fingerprint density at radius 3 is 2.58 bits per heavy atom. The van der Waals surface area contributed by atoms with Gasteiger partial charge >= 0.3 is 0 Å². The molecular formula is C13H14N6. The van der Waals surface area contributed by atoms with E-state index in [2.05, 4.69) is 15.3 Å². The zero-order chi connectivity index (χ0) is 13.8. The SMILES string of the molecule is Cc1nccc(Nc2cncc(N)c2C=N)c1C=N. The molecule has 0 atom stereocenters. The summed E-state index contributed by atoms with van der Waals surface area (Å²) in [5.41, 5.74) is 9.59. The van der Waals surface area contributed by atoms with E-state index in [1.165, 1.54) is 18.6 Å². The van der Waals surface area contributed by atoms with Gasteiger partial charge in [0.1, 0.15) is 0 Å². The van der Waals surface area contributed by atoms with Crippen molar-refractivity contribution in [2.45, 2.75) is 6.92 Å². The van der Waals surface area contributed by atoms with Gasteiger partial charge in [0.25, 0.3) is 0 Å². The molecule has 19 heavy (non-hydrogen) atoms. The van der Waals surface area contributed by atoms with E-state index in [0.29, 0.717) is 22.5 Å². The van der Waals surface area contributed by atoms with E-state index < -0.39 is 0 Å². The summed E-state index contributed by atoms with van der Waals surface area (Å²) < 4.78 is 0. The molecule has 2 aromatic heterocycles. The smallest absolute Gasteiger partial charge is 0.0680 e. The summed E-state index contributed by atoms with van der Waals surface area (Å²) in [5, 5.41) is 18.0. The van der Waals surface area contributed by atoms with Gasteiger partial charge in [-0.2, -0.15) is 0 Å². The average Bonchev–Trinajstić information content (AvgIpc) is 2.39. The van der Waals surface area contributed by atoms with Gasteiger partial charge in [-0.05, 0) is 13.0 Å². The lowest BCUT2D eigenvalue weighted by Gasteiger charge is -2.13. The van der Waals surface area contributed by atoms with E-state index >= 15 is 0 Å². The van der Waals surface area contributed by atoms with Gasteiger partial charge in [0.2, 0.25) is 0 Å². The van der Waals surface area contributed by atoms with Crippen molar-refractivity contribution in [3.05, 3.63) is 41.5 Å². The predicted molar refractivity (Wildman–Crippen MR) is 76.7 cm³/mol. The molecule has 0 aliphatic rings. The second kappa shape index (κ2) is 5.26. The molecule has 0 bridgehead atoms. The quantitative estimate of drug-likeness (QED) is 0.626. The summed E-state index contributed by atoms with van der Waals surface area (Å²) in [4.78, 5) is 8.14. The first-order valence-electron chi connectivity index (χ1n) is 5.64. The second-order valence-corrected chi connectivity index (χ2v) is 3.96. The molecular weight excluding hydrogens is 240 g/mol. The molecule has 0 fully saturated rings. The van der Waals surface area contributed by atoms with E-state index in [1.54, 1.807) is 18.5 Å². The second-order valence-electron chi connectivity index (χ2n) is 3.96. The third kappa shape index (κ3) is 2.42. The lowest BCUT2D eigenvalue weighted by atomic mass is 10.1. The van der Waals surface area contributed by atoms with Crippen molar-refractivity contribution in [1.29, 1.82) is 10.8 Å². The van der Waals surface area contributed by atoms with Crippen LogP contribution in [0.3, 0.4) is 0 Å². The van der Waals surface area contributed by atoms with Crippen LogP contribution in [0.1, 0.15) is 16.8 Å². The Bertz CT molecular complexity index is 580. The maximum absolute atomic E-state index is 7.44. The largest absolute Gasteiger partial charge is 0.397 e. The normalized spacial score (nSPS) is 9.95. The highest BCUT2D eigenvalue weighted by Crippen LogP contribution is 2.25. The summed E-state index contributed by atoms with van der Waals surface area (Å²) in [6, 6.07) is 1.77. The highest BCUT2D eigenvalue weighted by molar-refractivity contribution is 5.95. The minimum absolute atomic E-state index is 0.433.